The van der Waals surface area contributed by atoms with Crippen LogP contribution in [0.2, 0.25) is 0 Å². The molecule has 8 heteroatoms. The van der Waals surface area contributed by atoms with Crippen LogP contribution < -0.4 is 10.6 Å². The largest absolute Gasteiger partial charge is 0.347 e. The van der Waals surface area contributed by atoms with Crippen molar-refractivity contribution in [2.24, 2.45) is 5.92 Å². The van der Waals surface area contributed by atoms with Crippen molar-refractivity contribution in [2.45, 2.75) is 51.8 Å². The quantitative estimate of drug-likeness (QED) is 0.671. The number of nitrogens with one attached hydrogen (secondary N) is 2. The summed E-state index contributed by atoms with van der Waals surface area (Å²) in [7, 11) is -3.45. The molecule has 2 aromatic rings. The number of hydrogen-bond acceptors (Lipinski definition) is 4. The van der Waals surface area contributed by atoms with Crippen molar-refractivity contribution >= 4 is 27.5 Å². The molecule has 1 saturated heterocycles. The van der Waals surface area contributed by atoms with Gasteiger partial charge in [-0.25, -0.2) is 12.7 Å². The van der Waals surface area contributed by atoms with Gasteiger partial charge in [-0.05, 0) is 63.8 Å². The molecule has 0 aliphatic carbocycles. The van der Waals surface area contributed by atoms with Crippen LogP contribution in [0.5, 0.6) is 0 Å². The number of carbonyl (C=O) groups is 2. The monoisotopic (exact) mass is 471 g/mol. The van der Waals surface area contributed by atoms with E-state index in [2.05, 4.69) is 10.6 Å². The smallest absolute Gasteiger partial charge is 0.253 e. The van der Waals surface area contributed by atoms with Crippen LogP contribution in [0.15, 0.2) is 48.5 Å². The number of sulfonamides is 1. The topological polar surface area (TPSA) is 95.6 Å². The number of amides is 2. The molecular weight excluding hydrogens is 438 g/mol. The fraction of sp³-hybridized carbons (Fsp3) is 0.440. The van der Waals surface area contributed by atoms with Crippen LogP contribution in [-0.2, 0) is 20.6 Å². The first-order valence-electron chi connectivity index (χ1n) is 11.2. The summed E-state index contributed by atoms with van der Waals surface area (Å²) in [5.74, 6) is -0.793. The molecule has 0 bridgehead atoms. The van der Waals surface area contributed by atoms with Gasteiger partial charge >= 0.3 is 0 Å². The van der Waals surface area contributed by atoms with Gasteiger partial charge in [0.25, 0.3) is 5.91 Å². The molecule has 33 heavy (non-hydrogen) atoms. The number of aryl methyl sites for hydroxylation is 1. The fourth-order valence-corrected chi connectivity index (χ4v) is 5.56. The molecule has 0 unspecified atom stereocenters. The van der Waals surface area contributed by atoms with E-state index < -0.39 is 15.6 Å². The molecular formula is C25H33N3O4S. The molecule has 2 N–H and O–H groups in total. The van der Waals surface area contributed by atoms with Crippen molar-refractivity contribution in [1.82, 2.24) is 9.62 Å². The molecule has 0 atom stereocenters. The summed E-state index contributed by atoms with van der Waals surface area (Å²) in [5.41, 5.74) is 2.20. The average Bonchev–Trinajstić information content (AvgIpc) is 2.74. The first kappa shape index (κ1) is 24.9. The zero-order chi connectivity index (χ0) is 24.2. The molecule has 0 spiro atoms. The summed E-state index contributed by atoms with van der Waals surface area (Å²) in [4.78, 5) is 25.5. The maximum absolute atomic E-state index is 12.9. The minimum atomic E-state index is -3.45. The summed E-state index contributed by atoms with van der Waals surface area (Å²) >= 11 is 0. The van der Waals surface area contributed by atoms with Crippen molar-refractivity contribution in [2.75, 3.05) is 18.4 Å². The predicted octanol–water partition coefficient (Wildman–Crippen LogP) is 3.70. The third-order valence-corrected chi connectivity index (χ3v) is 7.56. The maximum atomic E-state index is 12.9. The zero-order valence-corrected chi connectivity index (χ0v) is 20.5. The van der Waals surface area contributed by atoms with Crippen molar-refractivity contribution < 1.29 is 18.0 Å². The summed E-state index contributed by atoms with van der Waals surface area (Å²) in [5, 5.41) is 5.79. The Hall–Kier alpha value is -2.71. The molecule has 1 fully saturated rings. The standard InChI is InChI=1S/C25H33N3O4S/c1-18-9-5-6-10-20(18)17-33(31,32)28-15-13-19(14-16-28)23(29)26-22-12-8-7-11-21(22)24(30)27-25(2,3)4/h5-12,19H,13-17H2,1-4H3,(H,26,29)(H,27,30). The van der Waals surface area contributed by atoms with E-state index in [-0.39, 0.29) is 23.5 Å². The number of carbonyl (C=O) groups excluding carboxylic acids is 2. The Morgan fingerprint density at radius 2 is 1.61 bits per heavy atom. The number of rotatable bonds is 6. The molecule has 1 aliphatic heterocycles. The molecule has 0 radical (unpaired) electrons. The molecule has 1 heterocycles. The van der Waals surface area contributed by atoms with Crippen molar-refractivity contribution in [3.63, 3.8) is 0 Å². The first-order valence-corrected chi connectivity index (χ1v) is 12.8. The Balaban J connectivity index is 1.61. The highest BCUT2D eigenvalue weighted by Crippen LogP contribution is 2.25. The minimum absolute atomic E-state index is 0.0349. The van der Waals surface area contributed by atoms with Gasteiger partial charge in [-0.3, -0.25) is 9.59 Å². The normalized spacial score (nSPS) is 15.8. The van der Waals surface area contributed by atoms with Crippen LogP contribution in [0.4, 0.5) is 5.69 Å². The number of nitrogens with zero attached hydrogens (tertiary/aromatic N) is 1. The highest BCUT2D eigenvalue weighted by molar-refractivity contribution is 7.88. The summed E-state index contributed by atoms with van der Waals surface area (Å²) < 4.78 is 27.3. The lowest BCUT2D eigenvalue weighted by Crippen LogP contribution is -2.42. The molecule has 2 aromatic carbocycles. The third kappa shape index (κ3) is 6.65. The van der Waals surface area contributed by atoms with Crippen LogP contribution in [0, 0.1) is 12.8 Å². The number of piperidine rings is 1. The number of benzene rings is 2. The van der Waals surface area contributed by atoms with Crippen LogP contribution in [-0.4, -0.2) is 43.2 Å². The van der Waals surface area contributed by atoms with Crippen LogP contribution in [0.3, 0.4) is 0 Å². The van der Waals surface area contributed by atoms with Gasteiger partial charge in [0, 0.05) is 24.5 Å². The summed E-state index contributed by atoms with van der Waals surface area (Å²) in [6.45, 7) is 8.20. The molecule has 0 saturated carbocycles. The summed E-state index contributed by atoms with van der Waals surface area (Å²) in [6.07, 6.45) is 0.879. The van der Waals surface area contributed by atoms with E-state index in [1.54, 1.807) is 24.3 Å². The second-order valence-electron chi connectivity index (χ2n) is 9.59. The van der Waals surface area contributed by atoms with E-state index >= 15 is 0 Å². The van der Waals surface area contributed by atoms with Crippen molar-refractivity contribution in [3.05, 3.63) is 65.2 Å². The lowest BCUT2D eigenvalue weighted by atomic mass is 9.97. The maximum Gasteiger partial charge on any atom is 0.253 e. The van der Waals surface area contributed by atoms with Gasteiger partial charge < -0.3 is 10.6 Å². The Kier molecular flexibility index (Phi) is 7.59. The van der Waals surface area contributed by atoms with Gasteiger partial charge in [0.2, 0.25) is 15.9 Å². The molecule has 178 valence electrons. The van der Waals surface area contributed by atoms with Gasteiger partial charge in [-0.15, -0.1) is 0 Å². The van der Waals surface area contributed by atoms with Gasteiger partial charge in [-0.1, -0.05) is 36.4 Å². The SMILES string of the molecule is Cc1ccccc1CS(=O)(=O)N1CCC(C(=O)Nc2ccccc2C(=O)NC(C)(C)C)CC1. The molecule has 7 nitrogen and oxygen atoms in total. The van der Waals surface area contributed by atoms with Crippen LogP contribution >= 0.6 is 0 Å². The third-order valence-electron chi connectivity index (χ3n) is 5.74. The van der Waals surface area contributed by atoms with Gasteiger partial charge in [-0.2, -0.15) is 0 Å². The van der Waals surface area contributed by atoms with Crippen LogP contribution in [0.25, 0.3) is 0 Å². The van der Waals surface area contributed by atoms with E-state index in [1.807, 2.05) is 52.0 Å². The number of anilines is 1. The summed E-state index contributed by atoms with van der Waals surface area (Å²) in [6, 6.07) is 14.4. The lowest BCUT2D eigenvalue weighted by molar-refractivity contribution is -0.120. The van der Waals surface area contributed by atoms with Gasteiger partial charge in [0.05, 0.1) is 17.0 Å². The molecule has 1 aliphatic rings. The van der Waals surface area contributed by atoms with Gasteiger partial charge in [0.15, 0.2) is 0 Å². The van der Waals surface area contributed by atoms with Crippen molar-refractivity contribution in [1.29, 1.82) is 0 Å². The highest BCUT2D eigenvalue weighted by Gasteiger charge is 2.32. The van der Waals surface area contributed by atoms with Gasteiger partial charge in [0.1, 0.15) is 0 Å². The highest BCUT2D eigenvalue weighted by atomic mass is 32.2. The van der Waals surface area contributed by atoms with E-state index in [1.165, 1.54) is 4.31 Å². The Morgan fingerprint density at radius 3 is 2.24 bits per heavy atom. The van der Waals surface area contributed by atoms with E-state index in [4.69, 9.17) is 0 Å². The number of hydrogen-bond donors (Lipinski definition) is 2. The number of para-hydroxylation sites is 1. The van der Waals surface area contributed by atoms with Crippen LogP contribution in [0.1, 0.15) is 55.1 Å². The fourth-order valence-electron chi connectivity index (χ4n) is 3.89. The van der Waals surface area contributed by atoms with E-state index in [0.29, 0.717) is 37.2 Å². The van der Waals surface area contributed by atoms with E-state index in [0.717, 1.165) is 11.1 Å². The Morgan fingerprint density at radius 1 is 1.00 bits per heavy atom. The second kappa shape index (κ2) is 10.1. The van der Waals surface area contributed by atoms with E-state index in [9.17, 15) is 18.0 Å². The average molecular weight is 472 g/mol. The predicted molar refractivity (Wildman–Crippen MR) is 130 cm³/mol. The lowest BCUT2D eigenvalue weighted by Gasteiger charge is -2.31. The molecule has 3 rings (SSSR count). The minimum Gasteiger partial charge on any atom is -0.347 e. The Labute approximate surface area is 196 Å². The molecule has 0 aromatic heterocycles. The van der Waals surface area contributed by atoms with Crippen molar-refractivity contribution in [3.8, 4) is 0 Å². The Bertz CT molecular complexity index is 1110. The molecule has 2 amide bonds. The first-order chi connectivity index (χ1) is 15.5. The zero-order valence-electron chi connectivity index (χ0n) is 19.7. The second-order valence-corrected chi connectivity index (χ2v) is 11.6.